The van der Waals surface area contributed by atoms with Crippen LogP contribution in [0.25, 0.3) is 22.0 Å². The first-order valence-corrected chi connectivity index (χ1v) is 18.1. The molecule has 7 rings (SSSR count). The fraction of sp³-hybridized carbons (Fsp3) is 0.486. The number of carbonyl (C=O) groups excluding carboxylic acids is 3. The Morgan fingerprint density at radius 2 is 1.76 bits per heavy atom. The summed E-state index contributed by atoms with van der Waals surface area (Å²) in [6.07, 6.45) is 11.3. The van der Waals surface area contributed by atoms with Gasteiger partial charge in [-0.05, 0) is 110 Å². The van der Waals surface area contributed by atoms with Crippen LogP contribution < -0.4 is 5.32 Å². The number of aromatic nitrogens is 5. The molecule has 256 valence electrons. The van der Waals surface area contributed by atoms with Gasteiger partial charge in [0.15, 0.2) is 5.78 Å². The summed E-state index contributed by atoms with van der Waals surface area (Å²) >= 11 is 3.42. The third-order valence-corrected chi connectivity index (χ3v) is 11.0. The Morgan fingerprint density at radius 1 is 1.00 bits per heavy atom. The number of piperidine rings is 1. The number of ketones is 1. The maximum Gasteiger partial charge on any atom is 0.248 e. The minimum absolute atomic E-state index is 0.0350. The van der Waals surface area contributed by atoms with E-state index in [1.807, 2.05) is 36.9 Å². The van der Waals surface area contributed by atoms with Crippen molar-refractivity contribution in [2.75, 3.05) is 25.5 Å². The van der Waals surface area contributed by atoms with E-state index in [0.29, 0.717) is 28.4 Å². The summed E-state index contributed by atoms with van der Waals surface area (Å²) in [5.74, 6) is 0.605. The number of halogens is 1. The first-order valence-electron chi connectivity index (χ1n) is 17.3. The summed E-state index contributed by atoms with van der Waals surface area (Å²) in [4.78, 5) is 59.1. The second kappa shape index (κ2) is 13.4. The van der Waals surface area contributed by atoms with E-state index in [0.717, 1.165) is 91.2 Å². The number of carbonyl (C=O) groups is 3. The lowest BCUT2D eigenvalue weighted by atomic mass is 9.96. The minimum Gasteiger partial charge on any atom is -0.325 e. The van der Waals surface area contributed by atoms with Gasteiger partial charge in [0.1, 0.15) is 34.5 Å². The largest absolute Gasteiger partial charge is 0.325 e. The summed E-state index contributed by atoms with van der Waals surface area (Å²) in [5.41, 5.74) is 4.67. The molecular formula is C37H43BrN8O3. The topological polar surface area (TPSA) is 126 Å². The Kier molecular flexibility index (Phi) is 9.12. The molecule has 3 aliphatic rings. The van der Waals surface area contributed by atoms with Crippen LogP contribution in [-0.4, -0.2) is 84.4 Å². The maximum absolute atomic E-state index is 14.5. The van der Waals surface area contributed by atoms with E-state index in [1.54, 1.807) is 17.1 Å². The van der Waals surface area contributed by atoms with Gasteiger partial charge in [-0.25, -0.2) is 15.0 Å². The Morgan fingerprint density at radius 3 is 2.53 bits per heavy atom. The van der Waals surface area contributed by atoms with Crippen molar-refractivity contribution in [3.63, 3.8) is 0 Å². The molecule has 1 aliphatic carbocycles. The highest BCUT2D eigenvalue weighted by Gasteiger charge is 2.67. The number of rotatable bonds is 4. The number of anilines is 1. The van der Waals surface area contributed by atoms with Crippen LogP contribution in [0.1, 0.15) is 79.3 Å². The van der Waals surface area contributed by atoms with Gasteiger partial charge in [0.05, 0.1) is 5.52 Å². The zero-order chi connectivity index (χ0) is 34.4. The fourth-order valence-corrected chi connectivity index (χ4v) is 8.31. The molecular weight excluding hydrogens is 684 g/mol. The first kappa shape index (κ1) is 33.5. The lowest BCUT2D eigenvalue weighted by Gasteiger charge is -2.27. The lowest BCUT2D eigenvalue weighted by Crippen LogP contribution is -2.47. The zero-order valence-corrected chi connectivity index (χ0v) is 30.2. The molecule has 0 unspecified atom stereocenters. The molecule has 2 fully saturated rings. The number of benzene rings is 1. The van der Waals surface area contributed by atoms with Crippen LogP contribution in [0.3, 0.4) is 0 Å². The predicted octanol–water partition coefficient (Wildman–Crippen LogP) is 5.91. The molecule has 0 radical (unpaired) electrons. The minimum atomic E-state index is -0.638. The SMILES string of the molecule is CC(=O)c1nn2c3c(cc(-c4cnc(C)nc4)cc13)CCCCCCCN(C)C[C@@]13C[C@@H](C(=O)Nc4nc(Br)ccc4C)N(C(=O)C2)[C@@H]1C3. The predicted molar refractivity (Wildman–Crippen MR) is 191 cm³/mol. The highest BCUT2D eigenvalue weighted by Crippen LogP contribution is 2.60. The van der Waals surface area contributed by atoms with Crippen LogP contribution in [0.2, 0.25) is 0 Å². The van der Waals surface area contributed by atoms with Gasteiger partial charge < -0.3 is 15.1 Å². The third kappa shape index (κ3) is 6.64. The molecule has 1 N–H and O–H groups in total. The van der Waals surface area contributed by atoms with Crippen LogP contribution in [0.15, 0.2) is 41.3 Å². The van der Waals surface area contributed by atoms with Gasteiger partial charge >= 0.3 is 0 Å². The highest BCUT2D eigenvalue weighted by atomic mass is 79.9. The average Bonchev–Trinajstić information content (AvgIpc) is 3.45. The Balaban J connectivity index is 1.29. The number of hydrogen-bond donors (Lipinski definition) is 1. The van der Waals surface area contributed by atoms with Crippen LogP contribution in [0, 0.1) is 19.3 Å². The summed E-state index contributed by atoms with van der Waals surface area (Å²) in [6, 6.07) is 7.17. The third-order valence-electron chi connectivity index (χ3n) is 10.5. The van der Waals surface area contributed by atoms with E-state index in [-0.39, 0.29) is 35.6 Å². The summed E-state index contributed by atoms with van der Waals surface area (Å²) in [6.45, 7) is 7.04. The number of nitrogens with one attached hydrogen (secondary N) is 1. The molecule has 3 atom stereocenters. The van der Waals surface area contributed by atoms with Crippen LogP contribution in [0.5, 0.6) is 0 Å². The lowest BCUT2D eigenvalue weighted by molar-refractivity contribution is -0.138. The summed E-state index contributed by atoms with van der Waals surface area (Å²) in [7, 11) is 2.16. The molecule has 1 saturated carbocycles. The molecule has 11 nitrogen and oxygen atoms in total. The number of aryl methyl sites for hydroxylation is 3. The van der Waals surface area contributed by atoms with Crippen LogP contribution >= 0.6 is 15.9 Å². The van der Waals surface area contributed by atoms with E-state index in [4.69, 9.17) is 5.10 Å². The van der Waals surface area contributed by atoms with E-state index in [9.17, 15) is 14.4 Å². The standard InChI is InChI=1S/C37H43BrN8O3/c1-22-11-12-31(38)41-35(22)42-36(49)29-16-37-17-30(37)46(29)32(48)20-45-34-25(10-8-6-5-7-9-13-44(4)21-37)14-26(27-18-39-24(3)40-19-27)15-28(34)33(43-45)23(2)47/h11-12,14-15,18-19,29-30H,5-10,13,16-17,20-21H2,1-4H3,(H,41,42,49)/t29-,30+,37-/m0/s1. The normalized spacial score (nSPS) is 23.3. The number of pyridine rings is 1. The Hall–Kier alpha value is -4.03. The van der Waals surface area contributed by atoms with Crippen LogP contribution in [0.4, 0.5) is 5.82 Å². The molecule has 1 saturated heterocycles. The molecule has 12 heteroatoms. The van der Waals surface area contributed by atoms with Crippen molar-refractivity contribution >= 4 is 50.2 Å². The van der Waals surface area contributed by atoms with Gasteiger partial charge in [0.25, 0.3) is 0 Å². The van der Waals surface area contributed by atoms with Crippen LogP contribution in [-0.2, 0) is 22.6 Å². The van der Waals surface area contributed by atoms with Crippen molar-refractivity contribution in [2.45, 2.75) is 90.8 Å². The number of nitrogens with zero attached hydrogens (tertiary/aromatic N) is 7. The Labute approximate surface area is 295 Å². The quantitative estimate of drug-likeness (QED) is 0.203. The summed E-state index contributed by atoms with van der Waals surface area (Å²) in [5, 5.41) is 8.54. The molecule has 3 aromatic heterocycles. The average molecular weight is 728 g/mol. The maximum atomic E-state index is 14.5. The summed E-state index contributed by atoms with van der Waals surface area (Å²) < 4.78 is 2.34. The smallest absolute Gasteiger partial charge is 0.248 e. The van der Waals surface area contributed by atoms with Gasteiger partial charge in [-0.15, -0.1) is 0 Å². The van der Waals surface area contributed by atoms with E-state index in [1.165, 1.54) is 6.92 Å². The van der Waals surface area contributed by atoms with Crippen molar-refractivity contribution in [2.24, 2.45) is 5.41 Å². The first-order chi connectivity index (χ1) is 23.5. The van der Waals surface area contributed by atoms with Crippen molar-refractivity contribution in [1.29, 1.82) is 0 Å². The number of hydrogen-bond acceptors (Lipinski definition) is 8. The molecule has 2 bridgehead atoms. The fourth-order valence-electron chi connectivity index (χ4n) is 8.00. The highest BCUT2D eigenvalue weighted by molar-refractivity contribution is 9.10. The Bertz CT molecular complexity index is 1940. The van der Waals surface area contributed by atoms with E-state index < -0.39 is 6.04 Å². The van der Waals surface area contributed by atoms with Gasteiger partial charge in [-0.3, -0.25) is 19.1 Å². The molecule has 2 aliphatic heterocycles. The molecule has 1 aromatic carbocycles. The zero-order valence-electron chi connectivity index (χ0n) is 28.6. The van der Waals surface area contributed by atoms with E-state index >= 15 is 0 Å². The molecule has 2 amide bonds. The van der Waals surface area contributed by atoms with Gasteiger partial charge in [0.2, 0.25) is 11.8 Å². The molecule has 49 heavy (non-hydrogen) atoms. The second-order valence-corrected chi connectivity index (χ2v) is 15.1. The number of Topliss-reactive ketones (excluding diaryl/α,β-unsaturated/α-hetero) is 1. The van der Waals surface area contributed by atoms with Gasteiger partial charge in [0, 0.05) is 48.3 Å². The van der Waals surface area contributed by atoms with E-state index in [2.05, 4.69) is 54.2 Å². The van der Waals surface area contributed by atoms with Crippen molar-refractivity contribution < 1.29 is 14.4 Å². The second-order valence-electron chi connectivity index (χ2n) is 14.3. The van der Waals surface area contributed by atoms with Crippen molar-refractivity contribution in [1.82, 2.24) is 34.5 Å². The van der Waals surface area contributed by atoms with Crippen molar-refractivity contribution in [3.8, 4) is 11.1 Å². The molecule has 5 heterocycles. The number of amides is 2. The molecule has 4 aromatic rings. The molecule has 0 spiro atoms. The van der Waals surface area contributed by atoms with Crippen molar-refractivity contribution in [3.05, 3.63) is 63.9 Å². The van der Waals surface area contributed by atoms with Gasteiger partial charge in [-0.2, -0.15) is 5.10 Å². The van der Waals surface area contributed by atoms with Gasteiger partial charge in [-0.1, -0.05) is 25.3 Å². The monoisotopic (exact) mass is 726 g/mol.